The van der Waals surface area contributed by atoms with E-state index in [-0.39, 0.29) is 18.5 Å². The molecule has 3 heterocycles. The number of hydrogen-bond acceptors (Lipinski definition) is 5. The minimum atomic E-state index is -0.514. The normalized spacial score (nSPS) is 19.6. The van der Waals surface area contributed by atoms with Crippen molar-refractivity contribution < 1.29 is 19.1 Å². The van der Waals surface area contributed by atoms with E-state index in [1.165, 1.54) is 5.56 Å². The quantitative estimate of drug-likeness (QED) is 0.674. The molecule has 4 rings (SSSR count). The summed E-state index contributed by atoms with van der Waals surface area (Å²) in [7, 11) is 0. The highest BCUT2D eigenvalue weighted by atomic mass is 16.6. The van der Waals surface area contributed by atoms with E-state index in [4.69, 9.17) is 9.47 Å². The second-order valence-corrected chi connectivity index (χ2v) is 8.09. The van der Waals surface area contributed by atoms with E-state index in [9.17, 15) is 9.59 Å². The third-order valence-electron chi connectivity index (χ3n) is 6.22. The van der Waals surface area contributed by atoms with Crippen molar-refractivity contribution in [3.05, 3.63) is 59.9 Å². The number of nitrogens with zero attached hydrogens (tertiary/aromatic N) is 2. The van der Waals surface area contributed by atoms with Crippen LogP contribution < -0.4 is 4.74 Å². The fraction of sp³-hybridized carbons (Fsp3) is 0.458. The van der Waals surface area contributed by atoms with Crippen LogP contribution in [0.1, 0.15) is 48.2 Å². The van der Waals surface area contributed by atoms with Crippen molar-refractivity contribution in [2.75, 3.05) is 26.3 Å². The van der Waals surface area contributed by atoms with Crippen molar-refractivity contribution in [2.45, 2.75) is 38.5 Å². The van der Waals surface area contributed by atoms with E-state index in [1.807, 2.05) is 24.3 Å². The summed E-state index contributed by atoms with van der Waals surface area (Å²) in [5.74, 6) is 0.659. The highest BCUT2D eigenvalue weighted by Crippen LogP contribution is 2.39. The summed E-state index contributed by atoms with van der Waals surface area (Å²) in [6.07, 6.45) is 6.54. The van der Waals surface area contributed by atoms with Crippen LogP contribution in [0, 0.1) is 5.41 Å². The summed E-state index contributed by atoms with van der Waals surface area (Å²) in [4.78, 5) is 31.7. The van der Waals surface area contributed by atoms with Gasteiger partial charge in [-0.1, -0.05) is 30.7 Å². The van der Waals surface area contributed by atoms with E-state index >= 15 is 0 Å². The summed E-state index contributed by atoms with van der Waals surface area (Å²) in [5.41, 5.74) is 1.14. The first-order valence-electron chi connectivity index (χ1n) is 10.8. The second kappa shape index (κ2) is 9.28. The Hall–Kier alpha value is -2.89. The fourth-order valence-corrected chi connectivity index (χ4v) is 4.41. The lowest BCUT2D eigenvalue weighted by molar-refractivity contribution is -0.160. The summed E-state index contributed by atoms with van der Waals surface area (Å²) < 4.78 is 11.5. The number of aromatic nitrogens is 1. The number of pyridine rings is 1. The van der Waals surface area contributed by atoms with Crippen molar-refractivity contribution in [3.63, 3.8) is 0 Å². The van der Waals surface area contributed by atoms with Crippen molar-refractivity contribution in [1.29, 1.82) is 0 Å². The molecule has 1 aromatic heterocycles. The van der Waals surface area contributed by atoms with E-state index in [0.717, 1.165) is 31.4 Å². The number of aryl methyl sites for hydroxylation is 1. The number of carbonyl (C=O) groups is 2. The van der Waals surface area contributed by atoms with Gasteiger partial charge in [-0.25, -0.2) is 0 Å². The van der Waals surface area contributed by atoms with Crippen molar-refractivity contribution in [1.82, 2.24) is 9.88 Å². The standard InChI is InChI=1S/C24H28N2O4/c27-22(20-9-4-6-14-25-20)26-15-12-24(13-16-26)11-5-3-8-19-7-1-2-10-21(19)29-17-18-30-23(24)28/h1-2,4,6-7,9-10,14H,3,5,8,11-13,15-18H2. The van der Waals surface area contributed by atoms with Crippen LogP contribution in [0.4, 0.5) is 0 Å². The van der Waals surface area contributed by atoms with Crippen LogP contribution in [-0.2, 0) is 16.0 Å². The van der Waals surface area contributed by atoms with Crippen LogP contribution in [0.2, 0.25) is 0 Å². The molecule has 1 aromatic carbocycles. The average Bonchev–Trinajstić information content (AvgIpc) is 2.80. The Kier molecular flexibility index (Phi) is 6.31. The molecule has 0 saturated carbocycles. The molecule has 1 fully saturated rings. The molecule has 0 N–H and O–H groups in total. The molecule has 0 aliphatic carbocycles. The third kappa shape index (κ3) is 4.48. The van der Waals surface area contributed by atoms with Crippen LogP contribution in [0.15, 0.2) is 48.7 Å². The van der Waals surface area contributed by atoms with Crippen LogP contribution in [0.5, 0.6) is 5.75 Å². The maximum Gasteiger partial charge on any atom is 0.312 e. The van der Waals surface area contributed by atoms with Gasteiger partial charge in [0.1, 0.15) is 24.7 Å². The van der Waals surface area contributed by atoms with Gasteiger partial charge in [-0.15, -0.1) is 0 Å². The SMILES string of the molecule is O=C(c1ccccn1)N1CCC2(CCCCc3ccccc3OCCOC2=O)CC1. The van der Waals surface area contributed by atoms with Crippen LogP contribution in [0.3, 0.4) is 0 Å². The van der Waals surface area contributed by atoms with Crippen molar-refractivity contribution >= 4 is 11.9 Å². The molecule has 6 nitrogen and oxygen atoms in total. The van der Waals surface area contributed by atoms with E-state index in [1.54, 1.807) is 23.2 Å². The van der Waals surface area contributed by atoms with E-state index < -0.39 is 5.41 Å². The molecule has 30 heavy (non-hydrogen) atoms. The number of benzene rings is 1. The number of para-hydroxylation sites is 1. The number of esters is 1. The molecular weight excluding hydrogens is 380 g/mol. The molecule has 0 atom stereocenters. The average molecular weight is 408 g/mol. The van der Waals surface area contributed by atoms with Gasteiger partial charge in [0.05, 0.1) is 5.41 Å². The molecule has 1 spiro atoms. The predicted octanol–water partition coefficient (Wildman–Crippen LogP) is 3.65. The maximum atomic E-state index is 13.0. The Morgan fingerprint density at radius 3 is 2.50 bits per heavy atom. The molecule has 2 aromatic rings. The monoisotopic (exact) mass is 408 g/mol. The summed E-state index contributed by atoms with van der Waals surface area (Å²) in [6.45, 7) is 1.68. The fourth-order valence-electron chi connectivity index (χ4n) is 4.41. The number of amides is 1. The number of likely N-dealkylation sites (tertiary alicyclic amines) is 1. The molecule has 6 heteroatoms. The number of fused-ring (bicyclic) bond motifs is 1. The van der Waals surface area contributed by atoms with Gasteiger partial charge in [0, 0.05) is 19.3 Å². The van der Waals surface area contributed by atoms with Gasteiger partial charge in [-0.05, 0) is 55.9 Å². The lowest BCUT2D eigenvalue weighted by Gasteiger charge is -2.40. The molecular formula is C24H28N2O4. The number of hydrogen-bond donors (Lipinski definition) is 0. The number of cyclic esters (lactones) is 1. The van der Waals surface area contributed by atoms with Crippen LogP contribution in [-0.4, -0.2) is 48.1 Å². The van der Waals surface area contributed by atoms with Gasteiger partial charge in [0.2, 0.25) is 0 Å². The molecule has 2 aliphatic heterocycles. The van der Waals surface area contributed by atoms with Crippen LogP contribution in [0.25, 0.3) is 0 Å². The maximum absolute atomic E-state index is 13.0. The highest BCUT2D eigenvalue weighted by molar-refractivity contribution is 5.92. The van der Waals surface area contributed by atoms with Gasteiger partial charge in [0.25, 0.3) is 5.91 Å². The van der Waals surface area contributed by atoms with Gasteiger partial charge < -0.3 is 14.4 Å². The summed E-state index contributed by atoms with van der Waals surface area (Å²) in [6, 6.07) is 13.4. The molecule has 2 aliphatic rings. The molecule has 1 saturated heterocycles. The highest BCUT2D eigenvalue weighted by Gasteiger charge is 2.43. The van der Waals surface area contributed by atoms with Gasteiger partial charge >= 0.3 is 5.97 Å². The first-order valence-corrected chi connectivity index (χ1v) is 10.8. The lowest BCUT2D eigenvalue weighted by Crippen LogP contribution is -2.47. The molecule has 158 valence electrons. The van der Waals surface area contributed by atoms with Crippen molar-refractivity contribution in [3.8, 4) is 5.75 Å². The first kappa shape index (κ1) is 20.4. The predicted molar refractivity (Wildman–Crippen MR) is 112 cm³/mol. The Balaban J connectivity index is 1.42. The van der Waals surface area contributed by atoms with Crippen molar-refractivity contribution in [2.24, 2.45) is 5.41 Å². The zero-order valence-electron chi connectivity index (χ0n) is 17.2. The van der Waals surface area contributed by atoms with E-state index in [0.29, 0.717) is 38.2 Å². The molecule has 0 unspecified atom stereocenters. The Labute approximate surface area is 177 Å². The number of ether oxygens (including phenoxy) is 2. The zero-order valence-corrected chi connectivity index (χ0v) is 17.2. The molecule has 0 radical (unpaired) electrons. The minimum absolute atomic E-state index is 0.0722. The molecule has 0 bridgehead atoms. The minimum Gasteiger partial charge on any atom is -0.490 e. The smallest absolute Gasteiger partial charge is 0.312 e. The summed E-state index contributed by atoms with van der Waals surface area (Å²) in [5, 5.41) is 0. The van der Waals surface area contributed by atoms with Crippen LogP contribution >= 0.6 is 0 Å². The first-order chi connectivity index (χ1) is 14.7. The Bertz CT molecular complexity index is 876. The van der Waals surface area contributed by atoms with Gasteiger partial charge in [-0.3, -0.25) is 14.6 Å². The Morgan fingerprint density at radius 2 is 1.70 bits per heavy atom. The lowest BCUT2D eigenvalue weighted by atomic mass is 9.74. The third-order valence-corrected chi connectivity index (χ3v) is 6.22. The van der Waals surface area contributed by atoms with E-state index in [2.05, 4.69) is 11.1 Å². The zero-order chi connectivity index (χ0) is 20.8. The summed E-state index contributed by atoms with van der Waals surface area (Å²) >= 11 is 0. The number of carbonyl (C=O) groups excluding carboxylic acids is 2. The number of rotatable bonds is 1. The second-order valence-electron chi connectivity index (χ2n) is 8.09. The number of piperidine rings is 1. The largest absolute Gasteiger partial charge is 0.490 e. The Morgan fingerprint density at radius 1 is 0.933 bits per heavy atom. The molecule has 1 amide bonds. The van der Waals surface area contributed by atoms with Gasteiger partial charge in [-0.2, -0.15) is 0 Å². The topological polar surface area (TPSA) is 68.7 Å². The van der Waals surface area contributed by atoms with Gasteiger partial charge in [0.15, 0.2) is 0 Å².